The molecule has 1 aliphatic heterocycles. The van der Waals surface area contributed by atoms with Gasteiger partial charge in [0.25, 0.3) is 0 Å². The molecule has 1 aromatic heterocycles. The number of aromatic nitrogens is 3. The third-order valence-corrected chi connectivity index (χ3v) is 5.64. The number of halogens is 1. The van der Waals surface area contributed by atoms with Gasteiger partial charge in [-0.25, -0.2) is 9.67 Å². The number of hydrogen-bond donors (Lipinski definition) is 2. The minimum absolute atomic E-state index is 0. The predicted octanol–water partition coefficient (Wildman–Crippen LogP) is 3.04. The van der Waals surface area contributed by atoms with Gasteiger partial charge in [-0.1, -0.05) is 19.8 Å². The fourth-order valence-corrected chi connectivity index (χ4v) is 4.06. The Bertz CT molecular complexity index is 576. The highest BCUT2D eigenvalue weighted by molar-refractivity contribution is 14.0. The van der Waals surface area contributed by atoms with Crippen molar-refractivity contribution in [2.24, 2.45) is 10.4 Å². The van der Waals surface area contributed by atoms with Crippen LogP contribution in [0.4, 0.5) is 0 Å². The zero-order valence-electron chi connectivity index (χ0n) is 15.8. The molecule has 0 spiro atoms. The van der Waals surface area contributed by atoms with Crippen LogP contribution in [0, 0.1) is 12.3 Å². The largest absolute Gasteiger partial charge is 0.357 e. The molecular weight excluding hydrogens is 427 g/mol. The summed E-state index contributed by atoms with van der Waals surface area (Å²) in [7, 11) is 0. The Hall–Kier alpha value is -0.860. The third-order valence-electron chi connectivity index (χ3n) is 5.64. The van der Waals surface area contributed by atoms with Crippen LogP contribution in [-0.4, -0.2) is 39.9 Å². The zero-order chi connectivity index (χ0) is 17.0. The molecule has 0 bridgehead atoms. The van der Waals surface area contributed by atoms with E-state index in [1.165, 1.54) is 32.1 Å². The first kappa shape index (κ1) is 20.5. The van der Waals surface area contributed by atoms with Gasteiger partial charge in [-0.15, -0.1) is 24.0 Å². The topological polar surface area (TPSA) is 67.1 Å². The summed E-state index contributed by atoms with van der Waals surface area (Å²) >= 11 is 0. The van der Waals surface area contributed by atoms with E-state index in [0.29, 0.717) is 11.5 Å². The maximum Gasteiger partial charge on any atom is 0.191 e. The number of rotatable bonds is 5. The lowest BCUT2D eigenvalue weighted by atomic mass is 9.84. The van der Waals surface area contributed by atoms with E-state index in [1.807, 2.05) is 11.6 Å². The van der Waals surface area contributed by atoms with Crippen molar-refractivity contribution in [1.82, 2.24) is 25.4 Å². The van der Waals surface area contributed by atoms with Gasteiger partial charge < -0.3 is 10.6 Å². The molecule has 0 radical (unpaired) electrons. The number of nitrogens with zero attached hydrogens (tertiary/aromatic N) is 4. The van der Waals surface area contributed by atoms with Gasteiger partial charge in [-0.05, 0) is 44.9 Å². The molecule has 1 saturated carbocycles. The second-order valence-electron chi connectivity index (χ2n) is 7.39. The summed E-state index contributed by atoms with van der Waals surface area (Å²) in [5.41, 5.74) is 0.436. The minimum atomic E-state index is 0. The van der Waals surface area contributed by atoms with E-state index < -0.39 is 0 Å². The maximum atomic E-state index is 4.94. The van der Waals surface area contributed by atoms with E-state index in [0.717, 1.165) is 50.1 Å². The Labute approximate surface area is 168 Å². The van der Waals surface area contributed by atoms with Crippen LogP contribution in [0.1, 0.15) is 64.0 Å². The smallest absolute Gasteiger partial charge is 0.191 e. The normalized spacial score (nSPS) is 22.2. The Morgan fingerprint density at radius 1 is 1.32 bits per heavy atom. The van der Waals surface area contributed by atoms with Crippen LogP contribution in [0.3, 0.4) is 0 Å². The van der Waals surface area contributed by atoms with Crippen molar-refractivity contribution in [1.29, 1.82) is 0 Å². The quantitative estimate of drug-likeness (QED) is 0.403. The highest BCUT2D eigenvalue weighted by atomic mass is 127. The Kier molecular flexibility index (Phi) is 7.51. The lowest BCUT2D eigenvalue weighted by Gasteiger charge is -2.28. The second kappa shape index (κ2) is 9.19. The molecule has 6 nitrogen and oxygen atoms in total. The zero-order valence-corrected chi connectivity index (χ0v) is 18.2. The van der Waals surface area contributed by atoms with Crippen LogP contribution >= 0.6 is 24.0 Å². The van der Waals surface area contributed by atoms with Crippen molar-refractivity contribution in [2.45, 2.75) is 78.3 Å². The molecule has 3 rings (SSSR count). The van der Waals surface area contributed by atoms with Gasteiger partial charge >= 0.3 is 0 Å². The Balaban J connectivity index is 0.00000225. The van der Waals surface area contributed by atoms with E-state index in [-0.39, 0.29) is 24.0 Å². The van der Waals surface area contributed by atoms with E-state index in [4.69, 9.17) is 4.99 Å². The van der Waals surface area contributed by atoms with Crippen molar-refractivity contribution < 1.29 is 0 Å². The van der Waals surface area contributed by atoms with Crippen molar-refractivity contribution in [3.05, 3.63) is 11.6 Å². The molecule has 1 atom stereocenters. The third kappa shape index (κ3) is 5.08. The highest BCUT2D eigenvalue weighted by Gasteiger charge is 2.32. The van der Waals surface area contributed by atoms with Gasteiger partial charge in [0.2, 0.25) is 0 Å². The first-order valence-electron chi connectivity index (χ1n) is 9.59. The van der Waals surface area contributed by atoms with Gasteiger partial charge in [0.1, 0.15) is 11.6 Å². The lowest BCUT2D eigenvalue weighted by Crippen LogP contribution is -2.47. The standard InChI is InChI=1S/C18H32N6.HI/c1-4-18(10-6-7-11-18)13-20-17(19-5-2)22-15-8-9-16-21-14(3)23-24(16)12-15;/h15H,4-13H2,1-3H3,(H2,19,20,22);1H. The number of guanidine groups is 1. The van der Waals surface area contributed by atoms with Crippen LogP contribution in [0.25, 0.3) is 0 Å². The van der Waals surface area contributed by atoms with Crippen molar-refractivity contribution >= 4 is 29.9 Å². The summed E-state index contributed by atoms with van der Waals surface area (Å²) in [6.07, 6.45) is 8.70. The predicted molar refractivity (Wildman–Crippen MR) is 113 cm³/mol. The number of fused-ring (bicyclic) bond motifs is 1. The van der Waals surface area contributed by atoms with Crippen LogP contribution in [0.15, 0.2) is 4.99 Å². The number of aryl methyl sites for hydroxylation is 2. The number of aliphatic imine (C=N–C) groups is 1. The molecule has 0 aromatic carbocycles. The molecule has 1 aliphatic carbocycles. The van der Waals surface area contributed by atoms with Crippen molar-refractivity contribution in [2.75, 3.05) is 13.1 Å². The maximum absolute atomic E-state index is 4.94. The fourth-order valence-electron chi connectivity index (χ4n) is 4.06. The van der Waals surface area contributed by atoms with Gasteiger partial charge in [-0.2, -0.15) is 5.10 Å². The average Bonchev–Trinajstić information content (AvgIpc) is 3.18. The van der Waals surface area contributed by atoms with Crippen molar-refractivity contribution in [3.8, 4) is 0 Å². The first-order valence-corrected chi connectivity index (χ1v) is 9.59. The molecule has 7 heteroatoms. The monoisotopic (exact) mass is 460 g/mol. The molecule has 1 fully saturated rings. The summed E-state index contributed by atoms with van der Waals surface area (Å²) in [6.45, 7) is 9.12. The van der Waals surface area contributed by atoms with Gasteiger partial charge in [0, 0.05) is 25.6 Å². The first-order chi connectivity index (χ1) is 11.6. The fraction of sp³-hybridized carbons (Fsp3) is 0.833. The van der Waals surface area contributed by atoms with E-state index in [1.54, 1.807) is 0 Å². The Morgan fingerprint density at radius 2 is 2.08 bits per heavy atom. The SMILES string of the molecule is CCNC(=NCC1(CC)CCCC1)NC1CCc2nc(C)nn2C1.I. The van der Waals surface area contributed by atoms with Crippen LogP contribution in [0.5, 0.6) is 0 Å². The summed E-state index contributed by atoms with van der Waals surface area (Å²) < 4.78 is 2.05. The van der Waals surface area contributed by atoms with Crippen LogP contribution in [-0.2, 0) is 13.0 Å². The molecular formula is C18H33IN6. The summed E-state index contributed by atoms with van der Waals surface area (Å²) in [6, 6.07) is 0.373. The van der Waals surface area contributed by atoms with Gasteiger partial charge in [-0.3, -0.25) is 4.99 Å². The molecule has 2 N–H and O–H groups in total. The van der Waals surface area contributed by atoms with Crippen LogP contribution < -0.4 is 10.6 Å². The summed E-state index contributed by atoms with van der Waals surface area (Å²) in [4.78, 5) is 9.43. The lowest BCUT2D eigenvalue weighted by molar-refractivity contribution is 0.296. The van der Waals surface area contributed by atoms with Crippen LogP contribution in [0.2, 0.25) is 0 Å². The number of hydrogen-bond acceptors (Lipinski definition) is 3. The van der Waals surface area contributed by atoms with Gasteiger partial charge in [0.15, 0.2) is 5.96 Å². The van der Waals surface area contributed by atoms with Gasteiger partial charge in [0.05, 0.1) is 6.54 Å². The van der Waals surface area contributed by atoms with E-state index in [2.05, 4.69) is 34.6 Å². The molecule has 0 amide bonds. The molecule has 1 unspecified atom stereocenters. The summed E-state index contributed by atoms with van der Waals surface area (Å²) in [5, 5.41) is 11.5. The molecule has 142 valence electrons. The average molecular weight is 460 g/mol. The number of nitrogens with one attached hydrogen (secondary N) is 2. The van der Waals surface area contributed by atoms with E-state index >= 15 is 0 Å². The highest BCUT2D eigenvalue weighted by Crippen LogP contribution is 2.41. The molecule has 0 saturated heterocycles. The minimum Gasteiger partial charge on any atom is -0.357 e. The van der Waals surface area contributed by atoms with E-state index in [9.17, 15) is 0 Å². The van der Waals surface area contributed by atoms with Crippen molar-refractivity contribution in [3.63, 3.8) is 0 Å². The molecule has 1 aromatic rings. The molecule has 2 heterocycles. The second-order valence-corrected chi connectivity index (χ2v) is 7.39. The molecule has 25 heavy (non-hydrogen) atoms. The molecule has 2 aliphatic rings. The summed E-state index contributed by atoms with van der Waals surface area (Å²) in [5.74, 6) is 2.95. The Morgan fingerprint density at radius 3 is 2.76 bits per heavy atom.